The molecule has 0 saturated heterocycles. The van der Waals surface area contributed by atoms with E-state index in [2.05, 4.69) is 10.6 Å². The molecule has 0 aliphatic heterocycles. The highest BCUT2D eigenvalue weighted by Crippen LogP contribution is 2.40. The number of nitrogen functional groups attached to an aromatic ring is 1. The zero-order valence-electron chi connectivity index (χ0n) is 16.2. The van der Waals surface area contributed by atoms with Crippen molar-refractivity contribution in [2.75, 3.05) is 36.2 Å². The minimum Gasteiger partial charge on any atom is -0.490 e. The summed E-state index contributed by atoms with van der Waals surface area (Å²) in [7, 11) is 0. The molecular formula is C20H27N3O4. The molecule has 0 radical (unpaired) electrons. The van der Waals surface area contributed by atoms with Gasteiger partial charge in [-0.05, 0) is 45.4 Å². The lowest BCUT2D eigenvalue weighted by Gasteiger charge is -2.17. The van der Waals surface area contributed by atoms with Crippen molar-refractivity contribution >= 4 is 23.1 Å². The van der Waals surface area contributed by atoms with Gasteiger partial charge >= 0.3 is 6.03 Å². The first-order valence-electron chi connectivity index (χ1n) is 8.99. The number of urea groups is 1. The Morgan fingerprint density at radius 3 is 2.04 bits per heavy atom. The van der Waals surface area contributed by atoms with Crippen LogP contribution in [0.25, 0.3) is 0 Å². The smallest absolute Gasteiger partial charge is 0.323 e. The van der Waals surface area contributed by atoms with Crippen LogP contribution in [0.1, 0.15) is 26.3 Å². The van der Waals surface area contributed by atoms with Crippen LogP contribution in [0.15, 0.2) is 30.3 Å². The summed E-state index contributed by atoms with van der Waals surface area (Å²) in [6, 6.07) is 8.43. The molecule has 27 heavy (non-hydrogen) atoms. The Morgan fingerprint density at radius 1 is 0.926 bits per heavy atom. The molecule has 2 aromatic carbocycles. The summed E-state index contributed by atoms with van der Waals surface area (Å²) in [5.41, 5.74) is 8.53. The number of hydrogen-bond acceptors (Lipinski definition) is 5. The lowest BCUT2D eigenvalue weighted by atomic mass is 10.2. The maximum Gasteiger partial charge on any atom is 0.323 e. The van der Waals surface area contributed by atoms with Crippen molar-refractivity contribution in [3.8, 4) is 17.2 Å². The Morgan fingerprint density at radius 2 is 1.52 bits per heavy atom. The van der Waals surface area contributed by atoms with Gasteiger partial charge in [0.2, 0.25) is 5.75 Å². The first-order chi connectivity index (χ1) is 13.0. The molecule has 0 aromatic heterocycles. The van der Waals surface area contributed by atoms with Crippen molar-refractivity contribution in [2.24, 2.45) is 0 Å². The van der Waals surface area contributed by atoms with E-state index in [0.29, 0.717) is 54.1 Å². The van der Waals surface area contributed by atoms with Crippen LogP contribution in [0.3, 0.4) is 0 Å². The van der Waals surface area contributed by atoms with E-state index < -0.39 is 6.03 Å². The SMILES string of the molecule is CCOc1cc(NC(=O)Nc2ccc(C)cc2N)cc(OCC)c1OCC. The Hall–Kier alpha value is -3.09. The van der Waals surface area contributed by atoms with Crippen molar-refractivity contribution in [3.05, 3.63) is 35.9 Å². The molecule has 0 aliphatic rings. The van der Waals surface area contributed by atoms with E-state index in [1.165, 1.54) is 0 Å². The number of rotatable bonds is 8. The van der Waals surface area contributed by atoms with Crippen LogP contribution in [0.5, 0.6) is 17.2 Å². The van der Waals surface area contributed by atoms with Crippen LogP contribution in [0.4, 0.5) is 21.9 Å². The van der Waals surface area contributed by atoms with Gasteiger partial charge in [-0.1, -0.05) is 6.07 Å². The van der Waals surface area contributed by atoms with Crippen LogP contribution in [0.2, 0.25) is 0 Å². The minimum absolute atomic E-state index is 0.417. The monoisotopic (exact) mass is 373 g/mol. The van der Waals surface area contributed by atoms with Gasteiger partial charge in [-0.15, -0.1) is 0 Å². The number of hydrogen-bond donors (Lipinski definition) is 3. The van der Waals surface area contributed by atoms with Gasteiger partial charge in [-0.25, -0.2) is 4.79 Å². The topological polar surface area (TPSA) is 94.8 Å². The van der Waals surface area contributed by atoms with Crippen LogP contribution in [-0.2, 0) is 0 Å². The highest BCUT2D eigenvalue weighted by Gasteiger charge is 2.16. The molecule has 146 valence electrons. The molecule has 0 bridgehead atoms. The summed E-state index contributed by atoms with van der Waals surface area (Å²) in [6.07, 6.45) is 0. The van der Waals surface area contributed by atoms with E-state index in [9.17, 15) is 4.79 Å². The summed E-state index contributed by atoms with van der Waals surface area (Å²) < 4.78 is 17.0. The minimum atomic E-state index is -0.417. The van der Waals surface area contributed by atoms with Gasteiger partial charge in [-0.2, -0.15) is 0 Å². The molecule has 2 amide bonds. The van der Waals surface area contributed by atoms with E-state index in [1.54, 1.807) is 24.3 Å². The lowest BCUT2D eigenvalue weighted by Crippen LogP contribution is -2.20. The number of carbonyl (C=O) groups excluding carboxylic acids is 1. The summed E-state index contributed by atoms with van der Waals surface area (Å²) in [6.45, 7) is 8.97. The van der Waals surface area contributed by atoms with E-state index in [0.717, 1.165) is 5.56 Å². The van der Waals surface area contributed by atoms with E-state index in [1.807, 2.05) is 33.8 Å². The fraction of sp³-hybridized carbons (Fsp3) is 0.350. The summed E-state index contributed by atoms with van der Waals surface area (Å²) in [4.78, 5) is 12.4. The van der Waals surface area contributed by atoms with Crippen molar-refractivity contribution < 1.29 is 19.0 Å². The Kier molecular flexibility index (Phi) is 7.16. The zero-order valence-corrected chi connectivity index (χ0v) is 16.2. The third-order valence-electron chi connectivity index (χ3n) is 3.62. The van der Waals surface area contributed by atoms with Crippen molar-refractivity contribution in [2.45, 2.75) is 27.7 Å². The van der Waals surface area contributed by atoms with E-state index >= 15 is 0 Å². The second-order valence-electron chi connectivity index (χ2n) is 5.77. The molecule has 2 aromatic rings. The fourth-order valence-electron chi connectivity index (χ4n) is 2.54. The number of benzene rings is 2. The predicted molar refractivity (Wildman–Crippen MR) is 108 cm³/mol. The van der Waals surface area contributed by atoms with Gasteiger partial charge < -0.3 is 30.6 Å². The molecule has 7 heteroatoms. The fourth-order valence-corrected chi connectivity index (χ4v) is 2.54. The Bertz CT molecular complexity index is 766. The lowest BCUT2D eigenvalue weighted by molar-refractivity contribution is 0.260. The van der Waals surface area contributed by atoms with Gasteiger partial charge in [0.05, 0.1) is 36.9 Å². The molecular weight excluding hydrogens is 346 g/mol. The highest BCUT2D eigenvalue weighted by molar-refractivity contribution is 6.01. The van der Waals surface area contributed by atoms with Crippen LogP contribution >= 0.6 is 0 Å². The summed E-state index contributed by atoms with van der Waals surface area (Å²) >= 11 is 0. The number of amides is 2. The van der Waals surface area contributed by atoms with Gasteiger partial charge in [0.1, 0.15) is 0 Å². The standard InChI is InChI=1S/C20H27N3O4/c1-5-25-17-11-14(12-18(26-6-2)19(17)27-7-3)22-20(24)23-16-9-8-13(4)10-15(16)21/h8-12H,5-7,21H2,1-4H3,(H2,22,23,24). The number of nitrogens with one attached hydrogen (secondary N) is 2. The molecule has 0 spiro atoms. The number of aryl methyl sites for hydroxylation is 1. The predicted octanol–water partition coefficient (Wildman–Crippen LogP) is 4.42. The first kappa shape index (κ1) is 20.2. The van der Waals surface area contributed by atoms with Gasteiger partial charge in [0.15, 0.2) is 11.5 Å². The zero-order chi connectivity index (χ0) is 19.8. The summed E-state index contributed by atoms with van der Waals surface area (Å²) in [5, 5.41) is 5.52. The molecule has 0 atom stereocenters. The maximum absolute atomic E-state index is 12.4. The van der Waals surface area contributed by atoms with E-state index in [-0.39, 0.29) is 0 Å². The molecule has 7 nitrogen and oxygen atoms in total. The van der Waals surface area contributed by atoms with Crippen LogP contribution in [-0.4, -0.2) is 25.9 Å². The third-order valence-corrected chi connectivity index (χ3v) is 3.62. The Balaban J connectivity index is 2.24. The summed E-state index contributed by atoms with van der Waals surface area (Å²) in [5.74, 6) is 1.54. The second-order valence-corrected chi connectivity index (χ2v) is 5.77. The van der Waals surface area contributed by atoms with Gasteiger partial charge in [0, 0.05) is 12.1 Å². The molecule has 0 saturated carbocycles. The molecule has 0 aliphatic carbocycles. The third kappa shape index (κ3) is 5.44. The average Bonchev–Trinajstić information content (AvgIpc) is 2.61. The number of nitrogens with two attached hydrogens (primary N) is 1. The first-order valence-corrected chi connectivity index (χ1v) is 8.99. The largest absolute Gasteiger partial charge is 0.490 e. The van der Waals surface area contributed by atoms with Crippen molar-refractivity contribution in [1.29, 1.82) is 0 Å². The van der Waals surface area contributed by atoms with Gasteiger partial charge in [-0.3, -0.25) is 0 Å². The highest BCUT2D eigenvalue weighted by atomic mass is 16.5. The van der Waals surface area contributed by atoms with Gasteiger partial charge in [0.25, 0.3) is 0 Å². The molecule has 0 fully saturated rings. The van der Waals surface area contributed by atoms with Crippen molar-refractivity contribution in [1.82, 2.24) is 0 Å². The van der Waals surface area contributed by atoms with E-state index in [4.69, 9.17) is 19.9 Å². The molecule has 0 unspecified atom stereocenters. The quantitative estimate of drug-likeness (QED) is 0.596. The molecule has 2 rings (SSSR count). The maximum atomic E-state index is 12.4. The van der Waals surface area contributed by atoms with Crippen LogP contribution in [0, 0.1) is 6.92 Å². The number of ether oxygens (including phenoxy) is 3. The molecule has 0 heterocycles. The normalized spacial score (nSPS) is 10.2. The number of carbonyl (C=O) groups is 1. The van der Waals surface area contributed by atoms with Crippen molar-refractivity contribution in [3.63, 3.8) is 0 Å². The second kappa shape index (κ2) is 9.56. The Labute approximate surface area is 159 Å². The van der Waals surface area contributed by atoms with Crippen LogP contribution < -0.4 is 30.6 Å². The number of anilines is 3. The average molecular weight is 373 g/mol. The molecule has 4 N–H and O–H groups in total.